The van der Waals surface area contributed by atoms with Crippen molar-refractivity contribution in [2.24, 2.45) is 0 Å². The second-order valence-corrected chi connectivity index (χ2v) is 3.55. The average molecular weight is 244 g/mol. The summed E-state index contributed by atoms with van der Waals surface area (Å²) in [5.41, 5.74) is 0.978. The largest absolute Gasteiger partial charge is 0.322 e. The van der Waals surface area contributed by atoms with Crippen LogP contribution in [0.5, 0.6) is 0 Å². The summed E-state index contributed by atoms with van der Waals surface area (Å²) in [4.78, 5) is 24.6. The molecule has 2 N–H and O–H groups in total. The van der Waals surface area contributed by atoms with E-state index in [9.17, 15) is 14.9 Å². The van der Waals surface area contributed by atoms with E-state index in [0.717, 1.165) is 0 Å². The minimum absolute atomic E-state index is 0.0409. The number of aromatic nitrogens is 1. The van der Waals surface area contributed by atoms with E-state index in [1.807, 2.05) is 0 Å². The van der Waals surface area contributed by atoms with Crippen LogP contribution in [0.4, 0.5) is 11.4 Å². The predicted molar refractivity (Wildman–Crippen MR) is 64.0 cm³/mol. The number of hydrogen-bond acceptors (Lipinski definition) is 3. The van der Waals surface area contributed by atoms with E-state index in [4.69, 9.17) is 0 Å². The third-order valence-electron chi connectivity index (χ3n) is 2.32. The van der Waals surface area contributed by atoms with Gasteiger partial charge in [-0.15, -0.1) is 0 Å². The molecule has 1 aromatic heterocycles. The van der Waals surface area contributed by atoms with Gasteiger partial charge >= 0.3 is 0 Å². The summed E-state index contributed by atoms with van der Waals surface area (Å²) < 4.78 is 0. The van der Waals surface area contributed by atoms with Gasteiger partial charge in [0.15, 0.2) is 12.4 Å². The SMILES string of the molecule is O=C(Nc1cc[nH+]cc1)c1ccc([N+](=O)[O-])cc1. The van der Waals surface area contributed by atoms with E-state index < -0.39 is 4.92 Å². The lowest BCUT2D eigenvalue weighted by molar-refractivity contribution is -0.384. The second-order valence-electron chi connectivity index (χ2n) is 3.55. The molecular formula is C12H10N3O3+. The highest BCUT2D eigenvalue weighted by Gasteiger charge is 2.09. The Morgan fingerprint density at radius 1 is 1.11 bits per heavy atom. The lowest BCUT2D eigenvalue weighted by Crippen LogP contribution is -2.12. The zero-order valence-corrected chi connectivity index (χ0v) is 9.29. The molecule has 18 heavy (non-hydrogen) atoms. The number of anilines is 1. The third-order valence-corrected chi connectivity index (χ3v) is 2.32. The quantitative estimate of drug-likeness (QED) is 0.658. The third kappa shape index (κ3) is 2.67. The molecule has 0 atom stereocenters. The predicted octanol–water partition coefficient (Wildman–Crippen LogP) is 1.66. The van der Waals surface area contributed by atoms with Crippen molar-refractivity contribution in [2.75, 3.05) is 5.32 Å². The van der Waals surface area contributed by atoms with Gasteiger partial charge < -0.3 is 5.32 Å². The zero-order valence-electron chi connectivity index (χ0n) is 9.29. The molecule has 0 bridgehead atoms. The van der Waals surface area contributed by atoms with Crippen LogP contribution in [0.3, 0.4) is 0 Å². The molecule has 6 heteroatoms. The Balaban J connectivity index is 2.12. The molecule has 1 aromatic carbocycles. The number of nitrogens with zero attached hydrogens (tertiary/aromatic N) is 1. The van der Waals surface area contributed by atoms with Gasteiger partial charge in [-0.2, -0.15) is 0 Å². The lowest BCUT2D eigenvalue weighted by atomic mass is 10.2. The van der Waals surface area contributed by atoms with Crippen molar-refractivity contribution in [1.82, 2.24) is 0 Å². The number of rotatable bonds is 3. The number of carbonyl (C=O) groups is 1. The van der Waals surface area contributed by atoms with Crippen molar-refractivity contribution in [3.63, 3.8) is 0 Å². The Bertz CT molecular complexity index is 567. The summed E-state index contributed by atoms with van der Waals surface area (Å²) in [5, 5.41) is 13.2. The van der Waals surface area contributed by atoms with Crippen LogP contribution < -0.4 is 10.3 Å². The van der Waals surface area contributed by atoms with Crippen LogP contribution in [0.25, 0.3) is 0 Å². The molecule has 0 aliphatic heterocycles. The number of benzene rings is 1. The van der Waals surface area contributed by atoms with Gasteiger partial charge in [0.1, 0.15) is 0 Å². The van der Waals surface area contributed by atoms with Crippen molar-refractivity contribution in [1.29, 1.82) is 0 Å². The van der Waals surface area contributed by atoms with E-state index in [2.05, 4.69) is 10.3 Å². The molecule has 0 aliphatic rings. The minimum atomic E-state index is -0.505. The average Bonchev–Trinajstić information content (AvgIpc) is 2.40. The molecule has 2 rings (SSSR count). The summed E-state index contributed by atoms with van der Waals surface area (Å²) >= 11 is 0. The molecule has 1 heterocycles. The van der Waals surface area contributed by atoms with Crippen LogP contribution in [0.2, 0.25) is 0 Å². The van der Waals surface area contributed by atoms with E-state index in [1.165, 1.54) is 24.3 Å². The fourth-order valence-corrected chi connectivity index (χ4v) is 1.41. The Morgan fingerprint density at radius 2 is 1.72 bits per heavy atom. The van der Waals surface area contributed by atoms with Crippen molar-refractivity contribution in [3.8, 4) is 0 Å². The number of amides is 1. The lowest BCUT2D eigenvalue weighted by Gasteiger charge is -2.03. The molecule has 1 amide bonds. The van der Waals surface area contributed by atoms with Crippen LogP contribution >= 0.6 is 0 Å². The number of pyridine rings is 1. The molecule has 0 saturated carbocycles. The van der Waals surface area contributed by atoms with Gasteiger partial charge in [-0.3, -0.25) is 14.9 Å². The summed E-state index contributed by atoms with van der Waals surface area (Å²) in [5.74, 6) is -0.309. The molecule has 6 nitrogen and oxygen atoms in total. The summed E-state index contributed by atoms with van der Waals surface area (Å²) in [6.45, 7) is 0. The highest BCUT2D eigenvalue weighted by molar-refractivity contribution is 6.04. The monoisotopic (exact) mass is 244 g/mol. The molecule has 0 fully saturated rings. The Morgan fingerprint density at radius 3 is 2.28 bits per heavy atom. The Kier molecular flexibility index (Phi) is 3.29. The second kappa shape index (κ2) is 5.05. The molecule has 0 saturated heterocycles. The van der Waals surface area contributed by atoms with Gasteiger partial charge in [0.25, 0.3) is 11.6 Å². The van der Waals surface area contributed by atoms with E-state index in [0.29, 0.717) is 11.3 Å². The topological polar surface area (TPSA) is 86.4 Å². The molecule has 0 unspecified atom stereocenters. The van der Waals surface area contributed by atoms with Gasteiger partial charge in [-0.1, -0.05) is 0 Å². The maximum Gasteiger partial charge on any atom is 0.269 e. The Hall–Kier alpha value is -2.76. The smallest absolute Gasteiger partial charge is 0.269 e. The van der Waals surface area contributed by atoms with Crippen LogP contribution in [0.1, 0.15) is 10.4 Å². The van der Waals surface area contributed by atoms with Crippen LogP contribution in [-0.4, -0.2) is 10.8 Å². The maximum absolute atomic E-state index is 11.8. The highest BCUT2D eigenvalue weighted by atomic mass is 16.6. The Labute approximate surface area is 102 Å². The number of nitro groups is 1. The highest BCUT2D eigenvalue weighted by Crippen LogP contribution is 2.13. The van der Waals surface area contributed by atoms with Crippen molar-refractivity contribution in [2.45, 2.75) is 0 Å². The van der Waals surface area contributed by atoms with E-state index >= 15 is 0 Å². The fraction of sp³-hybridized carbons (Fsp3) is 0. The maximum atomic E-state index is 11.8. The van der Waals surface area contributed by atoms with Crippen LogP contribution in [0, 0.1) is 10.1 Å². The fourth-order valence-electron chi connectivity index (χ4n) is 1.41. The number of hydrogen-bond donors (Lipinski definition) is 1. The number of aromatic amines is 1. The molecular weight excluding hydrogens is 234 g/mol. The van der Waals surface area contributed by atoms with Gasteiger partial charge in [0.2, 0.25) is 0 Å². The normalized spacial score (nSPS) is 9.78. The van der Waals surface area contributed by atoms with Gasteiger partial charge in [-0.05, 0) is 12.1 Å². The summed E-state index contributed by atoms with van der Waals surface area (Å²) in [7, 11) is 0. The first-order valence-corrected chi connectivity index (χ1v) is 5.19. The number of carbonyl (C=O) groups excluding carboxylic acids is 1. The van der Waals surface area contributed by atoms with Crippen LogP contribution in [0.15, 0.2) is 48.8 Å². The minimum Gasteiger partial charge on any atom is -0.322 e. The number of non-ortho nitro benzene ring substituents is 1. The van der Waals surface area contributed by atoms with Gasteiger partial charge in [0.05, 0.1) is 10.6 Å². The van der Waals surface area contributed by atoms with E-state index in [-0.39, 0.29) is 11.6 Å². The summed E-state index contributed by atoms with van der Waals surface area (Å²) in [6.07, 6.45) is 3.37. The van der Waals surface area contributed by atoms with Gasteiger partial charge in [-0.25, -0.2) is 4.98 Å². The number of nitro benzene ring substituents is 1. The number of H-pyrrole nitrogens is 1. The zero-order chi connectivity index (χ0) is 13.0. The number of nitrogens with one attached hydrogen (secondary N) is 2. The first kappa shape index (κ1) is 11.7. The van der Waals surface area contributed by atoms with Crippen molar-refractivity contribution >= 4 is 17.3 Å². The first-order chi connectivity index (χ1) is 8.66. The summed E-state index contributed by atoms with van der Waals surface area (Å²) in [6, 6.07) is 8.86. The standard InChI is InChI=1S/C12H9N3O3/c16-12(14-10-5-7-13-8-6-10)9-1-3-11(4-2-9)15(17)18/h1-8H,(H,13,14,16)/p+1. The molecule has 0 aliphatic carbocycles. The molecule has 0 spiro atoms. The van der Waals surface area contributed by atoms with Crippen LogP contribution in [-0.2, 0) is 0 Å². The molecule has 0 radical (unpaired) electrons. The molecule has 90 valence electrons. The van der Waals surface area contributed by atoms with Crippen molar-refractivity contribution in [3.05, 3.63) is 64.5 Å². The molecule has 2 aromatic rings. The van der Waals surface area contributed by atoms with E-state index in [1.54, 1.807) is 24.5 Å². The van der Waals surface area contributed by atoms with Crippen molar-refractivity contribution < 1.29 is 14.7 Å². The van der Waals surface area contributed by atoms with Gasteiger partial charge in [0, 0.05) is 29.8 Å². The first-order valence-electron chi connectivity index (χ1n) is 5.19.